The molecule has 32 heavy (non-hydrogen) atoms. The van der Waals surface area contributed by atoms with Crippen molar-refractivity contribution in [3.05, 3.63) is 34.3 Å². The van der Waals surface area contributed by atoms with Gasteiger partial charge in [0.1, 0.15) is 5.75 Å². The number of amides is 3. The number of piperidine rings is 2. The van der Waals surface area contributed by atoms with E-state index in [2.05, 4.69) is 15.5 Å². The lowest BCUT2D eigenvalue weighted by Gasteiger charge is -2.35. The average molecular weight is 458 g/mol. The van der Waals surface area contributed by atoms with Crippen molar-refractivity contribution in [2.75, 3.05) is 38.6 Å². The molecule has 9 nitrogen and oxygen atoms in total. The first-order valence-electron chi connectivity index (χ1n) is 10.9. The Kier molecular flexibility index (Phi) is 6.99. The minimum atomic E-state index is -0.427. The van der Waals surface area contributed by atoms with E-state index in [0.29, 0.717) is 24.5 Å². The zero-order valence-electron chi connectivity index (χ0n) is 18.1. The molecule has 2 aliphatic heterocycles. The third kappa shape index (κ3) is 5.07. The molecule has 1 aromatic carbocycles. The monoisotopic (exact) mass is 457 g/mol. The van der Waals surface area contributed by atoms with Crippen LogP contribution in [0.5, 0.6) is 5.75 Å². The van der Waals surface area contributed by atoms with Crippen molar-refractivity contribution in [3.63, 3.8) is 0 Å². The molecule has 0 aliphatic carbocycles. The number of rotatable bonds is 5. The molecule has 1 unspecified atom stereocenters. The first-order chi connectivity index (χ1) is 15.5. The number of hydrogen-bond donors (Lipinski definition) is 1. The highest BCUT2D eigenvalue weighted by Crippen LogP contribution is 2.24. The van der Waals surface area contributed by atoms with Gasteiger partial charge in [-0.2, -0.15) is 0 Å². The Hall–Kier alpha value is -3.01. The number of carbonyl (C=O) groups excluding carboxylic acids is 3. The van der Waals surface area contributed by atoms with E-state index in [0.717, 1.165) is 50.1 Å². The number of nitrogens with one attached hydrogen (secondary N) is 1. The summed E-state index contributed by atoms with van der Waals surface area (Å²) in [5.74, 6) is -0.0355. The second-order valence-electron chi connectivity index (χ2n) is 8.07. The summed E-state index contributed by atoms with van der Waals surface area (Å²) < 4.78 is 5.10. The molecule has 1 aromatic heterocycles. The van der Waals surface area contributed by atoms with Crippen LogP contribution in [0.3, 0.4) is 0 Å². The molecule has 170 valence electrons. The molecule has 4 rings (SSSR count). The van der Waals surface area contributed by atoms with E-state index in [9.17, 15) is 14.4 Å². The summed E-state index contributed by atoms with van der Waals surface area (Å²) in [4.78, 5) is 41.9. The number of carbonyl (C=O) groups is 3. The maximum Gasteiger partial charge on any atom is 0.286 e. The van der Waals surface area contributed by atoms with Gasteiger partial charge in [0.15, 0.2) is 0 Å². The molecule has 0 bridgehead atoms. The normalized spacial score (nSPS) is 18.8. The summed E-state index contributed by atoms with van der Waals surface area (Å²) in [5, 5.41) is 10.9. The van der Waals surface area contributed by atoms with Crippen LogP contribution in [0, 0.1) is 5.92 Å². The number of ether oxygens (including phenoxy) is 1. The Morgan fingerprint density at radius 2 is 1.66 bits per heavy atom. The lowest BCUT2D eigenvalue weighted by atomic mass is 9.95. The Balaban J connectivity index is 1.36. The van der Waals surface area contributed by atoms with Crippen LogP contribution in [0.15, 0.2) is 24.3 Å². The molecule has 1 N–H and O–H groups in total. The zero-order chi connectivity index (χ0) is 22.5. The number of hydrogen-bond acceptors (Lipinski definition) is 7. The molecule has 0 radical (unpaired) electrons. The van der Waals surface area contributed by atoms with Crippen LogP contribution in [0.4, 0.5) is 5.69 Å². The van der Waals surface area contributed by atoms with E-state index >= 15 is 0 Å². The van der Waals surface area contributed by atoms with Crippen molar-refractivity contribution >= 4 is 34.7 Å². The number of nitrogens with zero attached hydrogens (tertiary/aromatic N) is 4. The summed E-state index contributed by atoms with van der Waals surface area (Å²) in [6.45, 7) is 2.59. The lowest BCUT2D eigenvalue weighted by Crippen LogP contribution is -2.47. The van der Waals surface area contributed by atoms with Crippen LogP contribution in [-0.2, 0) is 4.79 Å². The van der Waals surface area contributed by atoms with Gasteiger partial charge in [0.2, 0.25) is 15.9 Å². The van der Waals surface area contributed by atoms with Gasteiger partial charge in [-0.15, -0.1) is 10.2 Å². The second-order valence-corrected chi connectivity index (χ2v) is 9.05. The maximum absolute atomic E-state index is 13.0. The predicted molar refractivity (Wildman–Crippen MR) is 120 cm³/mol. The summed E-state index contributed by atoms with van der Waals surface area (Å²) in [7, 11) is 1.57. The van der Waals surface area contributed by atoms with Crippen LogP contribution in [-0.4, -0.2) is 71.0 Å². The number of aromatic nitrogens is 2. The third-order valence-corrected chi connectivity index (χ3v) is 6.79. The fourth-order valence-electron chi connectivity index (χ4n) is 4.13. The first-order valence-corrected chi connectivity index (χ1v) is 11.7. The molecule has 1 atom stereocenters. The zero-order valence-corrected chi connectivity index (χ0v) is 18.9. The lowest BCUT2D eigenvalue weighted by molar-refractivity contribution is -0.137. The molecule has 0 saturated carbocycles. The van der Waals surface area contributed by atoms with Crippen LogP contribution < -0.4 is 10.1 Å². The number of anilines is 1. The maximum atomic E-state index is 13.0. The van der Waals surface area contributed by atoms with Gasteiger partial charge in [-0.1, -0.05) is 11.3 Å². The van der Waals surface area contributed by atoms with Gasteiger partial charge < -0.3 is 19.9 Å². The standard InChI is InChI=1S/C22H27N5O4S/c1-31-17-9-7-16(8-10-17)23-18(28)19-24-25-20(32-19)22(30)27-13-5-6-15(14-27)21(29)26-11-3-2-4-12-26/h7-10,15H,2-6,11-14H2,1H3,(H,23,28). The van der Waals surface area contributed by atoms with Gasteiger partial charge in [-0.25, -0.2) is 0 Å². The molecule has 3 heterocycles. The fourth-order valence-corrected chi connectivity index (χ4v) is 4.84. The fraction of sp³-hybridized carbons (Fsp3) is 0.500. The van der Waals surface area contributed by atoms with Crippen LogP contribution >= 0.6 is 11.3 Å². The molecular weight excluding hydrogens is 430 g/mol. The minimum Gasteiger partial charge on any atom is -0.497 e. The van der Waals surface area contributed by atoms with Crippen molar-refractivity contribution in [2.24, 2.45) is 5.92 Å². The largest absolute Gasteiger partial charge is 0.497 e. The SMILES string of the molecule is COc1ccc(NC(=O)c2nnc(C(=O)N3CCCC(C(=O)N4CCCCC4)C3)s2)cc1. The highest BCUT2D eigenvalue weighted by molar-refractivity contribution is 7.15. The van der Waals surface area contributed by atoms with Gasteiger partial charge in [-0.3, -0.25) is 14.4 Å². The van der Waals surface area contributed by atoms with Gasteiger partial charge in [0.05, 0.1) is 13.0 Å². The van der Waals surface area contributed by atoms with E-state index in [1.807, 2.05) is 4.90 Å². The van der Waals surface area contributed by atoms with Gasteiger partial charge in [0.25, 0.3) is 11.8 Å². The summed E-state index contributed by atoms with van der Waals surface area (Å²) >= 11 is 0.962. The molecule has 3 amide bonds. The van der Waals surface area contributed by atoms with E-state index < -0.39 is 5.91 Å². The Labute approximate surface area is 190 Å². The summed E-state index contributed by atoms with van der Waals surface area (Å²) in [5.41, 5.74) is 0.592. The summed E-state index contributed by atoms with van der Waals surface area (Å²) in [6.07, 6.45) is 4.84. The quantitative estimate of drug-likeness (QED) is 0.740. The molecular formula is C22H27N5O4S. The highest BCUT2D eigenvalue weighted by Gasteiger charge is 2.33. The van der Waals surface area contributed by atoms with E-state index in [4.69, 9.17) is 4.74 Å². The molecule has 10 heteroatoms. The smallest absolute Gasteiger partial charge is 0.286 e. The van der Waals surface area contributed by atoms with Crippen LogP contribution in [0.1, 0.15) is 51.7 Å². The van der Waals surface area contributed by atoms with Crippen molar-refractivity contribution in [1.82, 2.24) is 20.0 Å². The summed E-state index contributed by atoms with van der Waals surface area (Å²) in [6, 6.07) is 6.92. The molecule has 0 spiro atoms. The highest BCUT2D eigenvalue weighted by atomic mass is 32.1. The third-order valence-electron chi connectivity index (χ3n) is 5.88. The Bertz CT molecular complexity index is 971. The number of benzene rings is 1. The van der Waals surface area contributed by atoms with Gasteiger partial charge in [-0.05, 0) is 56.4 Å². The Morgan fingerprint density at radius 1 is 0.969 bits per heavy atom. The van der Waals surface area contributed by atoms with Crippen molar-refractivity contribution in [1.29, 1.82) is 0 Å². The topological polar surface area (TPSA) is 105 Å². The predicted octanol–water partition coefficient (Wildman–Crippen LogP) is 2.66. The first kappa shape index (κ1) is 22.2. The molecule has 2 fully saturated rings. The molecule has 2 aliphatic rings. The van der Waals surface area contributed by atoms with Crippen LogP contribution in [0.25, 0.3) is 0 Å². The average Bonchev–Trinajstić information content (AvgIpc) is 3.35. The molecule has 2 aromatic rings. The van der Waals surface area contributed by atoms with E-state index in [-0.39, 0.29) is 27.7 Å². The van der Waals surface area contributed by atoms with Crippen LogP contribution in [0.2, 0.25) is 0 Å². The van der Waals surface area contributed by atoms with E-state index in [1.165, 1.54) is 6.42 Å². The van der Waals surface area contributed by atoms with Crippen molar-refractivity contribution in [3.8, 4) is 5.75 Å². The van der Waals surface area contributed by atoms with Gasteiger partial charge in [0, 0.05) is 31.9 Å². The van der Waals surface area contributed by atoms with Crippen molar-refractivity contribution in [2.45, 2.75) is 32.1 Å². The number of likely N-dealkylation sites (tertiary alicyclic amines) is 2. The second kappa shape index (κ2) is 10.1. The van der Waals surface area contributed by atoms with E-state index in [1.54, 1.807) is 36.3 Å². The Morgan fingerprint density at radius 3 is 2.38 bits per heavy atom. The van der Waals surface area contributed by atoms with Gasteiger partial charge >= 0.3 is 0 Å². The van der Waals surface area contributed by atoms with Crippen molar-refractivity contribution < 1.29 is 19.1 Å². The number of methoxy groups -OCH3 is 1. The molecule has 2 saturated heterocycles. The minimum absolute atomic E-state index is 0.113.